The molecule has 0 spiro atoms. The Bertz CT molecular complexity index is 641. The maximum Gasteiger partial charge on any atom is 0.355 e. The molecule has 21 heavy (non-hydrogen) atoms. The number of ether oxygens (including phenoxy) is 1. The van der Waals surface area contributed by atoms with Gasteiger partial charge in [-0.1, -0.05) is 30.3 Å². The summed E-state index contributed by atoms with van der Waals surface area (Å²) in [5, 5.41) is 3.76. The van der Waals surface area contributed by atoms with E-state index in [9.17, 15) is 14.4 Å². The topological polar surface area (TPSA) is 88.1 Å². The maximum absolute atomic E-state index is 12.4. The molecular weight excluding hydrogens is 274 g/mol. The molecule has 0 bridgehead atoms. The van der Waals surface area contributed by atoms with E-state index in [-0.39, 0.29) is 18.2 Å². The second-order valence-corrected chi connectivity index (χ2v) is 4.82. The van der Waals surface area contributed by atoms with Crippen molar-refractivity contribution >= 4 is 23.5 Å². The average Bonchev–Trinajstić information content (AvgIpc) is 3.04. The number of imide groups is 1. The van der Waals surface area contributed by atoms with Gasteiger partial charge in [0.25, 0.3) is 5.91 Å². The standard InChI is InChI=1S/C14H13N3O4/c1-21-14(20)11-9-10(15-16-11)13(19)17(12(9)18)7-8-5-3-2-4-6-8/h2-6,9-10,15H,7H2,1H3/t9-,10-/m1/s1. The monoisotopic (exact) mass is 287 g/mol. The van der Waals surface area contributed by atoms with Crippen molar-refractivity contribution < 1.29 is 19.1 Å². The summed E-state index contributed by atoms with van der Waals surface area (Å²) in [6, 6.07) is 8.38. The second-order valence-electron chi connectivity index (χ2n) is 4.82. The van der Waals surface area contributed by atoms with Crippen molar-refractivity contribution in [3.05, 3.63) is 35.9 Å². The largest absolute Gasteiger partial charge is 0.464 e. The minimum Gasteiger partial charge on any atom is -0.464 e. The molecule has 108 valence electrons. The third-order valence-electron chi connectivity index (χ3n) is 3.59. The van der Waals surface area contributed by atoms with Gasteiger partial charge in [-0.3, -0.25) is 19.9 Å². The van der Waals surface area contributed by atoms with E-state index in [4.69, 9.17) is 0 Å². The van der Waals surface area contributed by atoms with E-state index in [1.165, 1.54) is 7.11 Å². The van der Waals surface area contributed by atoms with Crippen LogP contribution in [0.1, 0.15) is 5.56 Å². The summed E-state index contributed by atoms with van der Waals surface area (Å²) >= 11 is 0. The highest BCUT2D eigenvalue weighted by atomic mass is 16.5. The molecule has 0 aromatic heterocycles. The zero-order valence-electron chi connectivity index (χ0n) is 11.3. The van der Waals surface area contributed by atoms with Gasteiger partial charge in [0, 0.05) is 0 Å². The first-order valence-corrected chi connectivity index (χ1v) is 6.44. The van der Waals surface area contributed by atoms with Crippen LogP contribution in [0.15, 0.2) is 35.4 Å². The van der Waals surface area contributed by atoms with Gasteiger partial charge in [0.15, 0.2) is 5.71 Å². The van der Waals surface area contributed by atoms with Gasteiger partial charge in [-0.25, -0.2) is 4.79 Å². The third kappa shape index (κ3) is 2.06. The Kier molecular flexibility index (Phi) is 3.17. The van der Waals surface area contributed by atoms with Crippen molar-refractivity contribution in [2.75, 3.05) is 7.11 Å². The number of benzene rings is 1. The number of fused-ring (bicyclic) bond motifs is 1. The summed E-state index contributed by atoms with van der Waals surface area (Å²) < 4.78 is 4.59. The summed E-state index contributed by atoms with van der Waals surface area (Å²) in [4.78, 5) is 37.4. The summed E-state index contributed by atoms with van der Waals surface area (Å²) in [6.07, 6.45) is 0. The molecule has 1 aromatic carbocycles. The Morgan fingerprint density at radius 2 is 2.00 bits per heavy atom. The average molecular weight is 287 g/mol. The number of carbonyl (C=O) groups excluding carboxylic acids is 3. The molecule has 0 unspecified atom stereocenters. The number of likely N-dealkylation sites (tertiary alicyclic amines) is 1. The van der Waals surface area contributed by atoms with Crippen molar-refractivity contribution in [3.63, 3.8) is 0 Å². The fourth-order valence-corrected chi connectivity index (χ4v) is 2.54. The predicted molar refractivity (Wildman–Crippen MR) is 71.9 cm³/mol. The van der Waals surface area contributed by atoms with Gasteiger partial charge in [-0.05, 0) is 5.56 Å². The number of hydrazone groups is 1. The van der Waals surface area contributed by atoms with Gasteiger partial charge in [0.2, 0.25) is 5.91 Å². The highest BCUT2D eigenvalue weighted by Crippen LogP contribution is 2.27. The molecule has 2 amide bonds. The number of nitrogens with zero attached hydrogens (tertiary/aromatic N) is 2. The Morgan fingerprint density at radius 1 is 1.29 bits per heavy atom. The molecule has 7 nitrogen and oxygen atoms in total. The van der Waals surface area contributed by atoms with Crippen LogP contribution in [-0.2, 0) is 25.7 Å². The van der Waals surface area contributed by atoms with Crippen LogP contribution in [0.25, 0.3) is 0 Å². The number of carbonyl (C=O) groups is 3. The van der Waals surface area contributed by atoms with E-state index >= 15 is 0 Å². The normalized spacial score (nSPS) is 23.7. The molecule has 3 rings (SSSR count). The molecule has 1 aromatic rings. The van der Waals surface area contributed by atoms with Gasteiger partial charge >= 0.3 is 5.97 Å². The van der Waals surface area contributed by atoms with E-state index in [1.54, 1.807) is 0 Å². The molecule has 2 atom stereocenters. The lowest BCUT2D eigenvalue weighted by atomic mass is 9.99. The van der Waals surface area contributed by atoms with Gasteiger partial charge < -0.3 is 4.74 Å². The second kappa shape index (κ2) is 5.01. The summed E-state index contributed by atoms with van der Waals surface area (Å²) in [6.45, 7) is 0.182. The quantitative estimate of drug-likeness (QED) is 0.607. The minimum atomic E-state index is -0.895. The van der Waals surface area contributed by atoms with Crippen LogP contribution >= 0.6 is 0 Å². The SMILES string of the molecule is COC(=O)C1=NN[C@H]2C(=O)N(Cc3ccccc3)C(=O)[C@@H]12. The predicted octanol–water partition coefficient (Wildman–Crippen LogP) is -0.328. The summed E-state index contributed by atoms with van der Waals surface area (Å²) in [5.41, 5.74) is 3.35. The molecule has 2 aliphatic heterocycles. The molecule has 2 heterocycles. The fourth-order valence-electron chi connectivity index (χ4n) is 2.54. The van der Waals surface area contributed by atoms with Crippen molar-refractivity contribution in [1.29, 1.82) is 0 Å². The number of amides is 2. The molecule has 1 fully saturated rings. The van der Waals surface area contributed by atoms with E-state index in [1.807, 2.05) is 30.3 Å². The highest BCUT2D eigenvalue weighted by Gasteiger charge is 2.55. The van der Waals surface area contributed by atoms with Crippen molar-refractivity contribution in [2.24, 2.45) is 11.0 Å². The third-order valence-corrected chi connectivity index (χ3v) is 3.59. The van der Waals surface area contributed by atoms with Crippen molar-refractivity contribution in [3.8, 4) is 0 Å². The zero-order valence-corrected chi connectivity index (χ0v) is 11.3. The van der Waals surface area contributed by atoms with Crippen LogP contribution in [0, 0.1) is 5.92 Å². The smallest absolute Gasteiger partial charge is 0.355 e. The summed E-state index contributed by atoms with van der Waals surface area (Å²) in [5.74, 6) is -2.40. The first kappa shape index (κ1) is 13.3. The van der Waals surface area contributed by atoms with E-state index < -0.39 is 23.8 Å². The highest BCUT2D eigenvalue weighted by molar-refractivity contribution is 6.43. The molecule has 1 saturated heterocycles. The van der Waals surface area contributed by atoms with Crippen LogP contribution in [0.2, 0.25) is 0 Å². The Morgan fingerprint density at radius 3 is 2.67 bits per heavy atom. The fraction of sp³-hybridized carbons (Fsp3) is 0.286. The Labute approximate surface area is 120 Å². The maximum atomic E-state index is 12.4. The van der Waals surface area contributed by atoms with E-state index in [0.717, 1.165) is 10.5 Å². The van der Waals surface area contributed by atoms with Crippen molar-refractivity contribution in [1.82, 2.24) is 10.3 Å². The van der Waals surface area contributed by atoms with Crippen LogP contribution in [-0.4, -0.2) is 41.5 Å². The lowest BCUT2D eigenvalue weighted by molar-refractivity contribution is -0.141. The number of methoxy groups -OCH3 is 1. The molecular formula is C14H13N3O4. The lowest BCUT2D eigenvalue weighted by Crippen LogP contribution is -2.35. The van der Waals surface area contributed by atoms with Gasteiger partial charge in [0.1, 0.15) is 12.0 Å². The molecule has 1 N–H and O–H groups in total. The summed E-state index contributed by atoms with van der Waals surface area (Å²) in [7, 11) is 1.21. The van der Waals surface area contributed by atoms with Crippen LogP contribution in [0.3, 0.4) is 0 Å². The van der Waals surface area contributed by atoms with E-state index in [0.29, 0.717) is 0 Å². The minimum absolute atomic E-state index is 0.0450. The molecule has 2 aliphatic rings. The number of hydrogen-bond acceptors (Lipinski definition) is 6. The van der Waals surface area contributed by atoms with Crippen LogP contribution in [0.5, 0.6) is 0 Å². The van der Waals surface area contributed by atoms with Gasteiger partial charge in [0.05, 0.1) is 13.7 Å². The van der Waals surface area contributed by atoms with E-state index in [2.05, 4.69) is 15.3 Å². The molecule has 0 aliphatic carbocycles. The number of rotatable bonds is 3. The molecule has 0 radical (unpaired) electrons. The number of esters is 1. The molecule has 0 saturated carbocycles. The Balaban J connectivity index is 1.84. The van der Waals surface area contributed by atoms with Gasteiger partial charge in [-0.2, -0.15) is 5.10 Å². The van der Waals surface area contributed by atoms with Gasteiger partial charge in [-0.15, -0.1) is 0 Å². The number of hydrogen-bond donors (Lipinski definition) is 1. The van der Waals surface area contributed by atoms with Crippen LogP contribution in [0.4, 0.5) is 0 Å². The first-order chi connectivity index (χ1) is 10.1. The first-order valence-electron chi connectivity index (χ1n) is 6.44. The zero-order chi connectivity index (χ0) is 15.0. The molecule has 7 heteroatoms. The van der Waals surface area contributed by atoms with Crippen molar-refractivity contribution in [2.45, 2.75) is 12.6 Å². The van der Waals surface area contributed by atoms with Crippen LogP contribution < -0.4 is 5.43 Å². The lowest BCUT2D eigenvalue weighted by Gasteiger charge is -2.15. The Hall–Kier alpha value is -2.70. The number of nitrogens with one attached hydrogen (secondary N) is 1.